The van der Waals surface area contributed by atoms with Crippen molar-refractivity contribution in [2.75, 3.05) is 13.1 Å². The number of carbonyl (C=O) groups excluding carboxylic acids is 1. The fourth-order valence-corrected chi connectivity index (χ4v) is 3.30. The lowest BCUT2D eigenvalue weighted by Crippen LogP contribution is -2.41. The van der Waals surface area contributed by atoms with Gasteiger partial charge in [0.2, 0.25) is 5.91 Å². The van der Waals surface area contributed by atoms with E-state index in [2.05, 4.69) is 10.3 Å². The molecule has 0 aliphatic carbocycles. The third-order valence-electron chi connectivity index (χ3n) is 3.79. The number of aromatic nitrogens is 3. The number of carboxylic acids is 1. The average Bonchev–Trinajstić information content (AvgIpc) is 3.18. The molecule has 0 radical (unpaired) electrons. The van der Waals surface area contributed by atoms with E-state index in [0.29, 0.717) is 13.0 Å². The first kappa shape index (κ1) is 14.7. The zero-order valence-electron chi connectivity index (χ0n) is 11.9. The van der Waals surface area contributed by atoms with Gasteiger partial charge in [-0.15, -0.1) is 5.10 Å². The van der Waals surface area contributed by atoms with Crippen LogP contribution in [0.3, 0.4) is 0 Å². The first-order chi connectivity index (χ1) is 10.6. The summed E-state index contributed by atoms with van der Waals surface area (Å²) in [5, 5.41) is 20.4. The molecular formula is C14H16N4O3S. The van der Waals surface area contributed by atoms with Crippen LogP contribution in [0.5, 0.6) is 0 Å². The molecule has 2 aromatic rings. The van der Waals surface area contributed by atoms with Gasteiger partial charge in [0.05, 0.1) is 18.7 Å². The first-order valence-corrected chi connectivity index (χ1v) is 8.02. The van der Waals surface area contributed by atoms with Crippen LogP contribution in [0.25, 0.3) is 0 Å². The van der Waals surface area contributed by atoms with E-state index in [-0.39, 0.29) is 17.6 Å². The second-order valence-corrected chi connectivity index (χ2v) is 6.11. The van der Waals surface area contributed by atoms with Crippen LogP contribution in [0.4, 0.5) is 0 Å². The van der Waals surface area contributed by atoms with E-state index < -0.39 is 5.97 Å². The summed E-state index contributed by atoms with van der Waals surface area (Å²) in [6.45, 7) is 1.28. The van der Waals surface area contributed by atoms with Gasteiger partial charge < -0.3 is 10.0 Å². The van der Waals surface area contributed by atoms with Crippen LogP contribution in [0.1, 0.15) is 34.9 Å². The van der Waals surface area contributed by atoms with Crippen molar-refractivity contribution in [2.24, 2.45) is 0 Å². The summed E-state index contributed by atoms with van der Waals surface area (Å²) in [5.74, 6) is -0.992. The number of aromatic carboxylic acids is 1. The minimum atomic E-state index is -1.09. The summed E-state index contributed by atoms with van der Waals surface area (Å²) < 4.78 is 1.56. The standard InChI is InChI=1S/C14H16N4O3S/c19-13(6-10-3-5-22-9-10)17-4-1-2-11(7-17)18-8-12(14(20)21)15-16-18/h3,5,8-9,11H,1-2,4,6-7H2,(H,20,21). The lowest BCUT2D eigenvalue weighted by molar-refractivity contribution is -0.132. The average molecular weight is 320 g/mol. The Kier molecular flexibility index (Phi) is 4.19. The van der Waals surface area contributed by atoms with E-state index in [1.807, 2.05) is 21.7 Å². The summed E-state index contributed by atoms with van der Waals surface area (Å²) in [6.07, 6.45) is 3.58. The molecule has 8 heteroatoms. The molecule has 22 heavy (non-hydrogen) atoms. The normalized spacial score (nSPS) is 18.4. The second-order valence-electron chi connectivity index (χ2n) is 5.33. The van der Waals surface area contributed by atoms with Crippen LogP contribution < -0.4 is 0 Å². The molecule has 3 heterocycles. The number of hydrogen-bond donors (Lipinski definition) is 1. The third kappa shape index (κ3) is 3.16. The number of nitrogens with zero attached hydrogens (tertiary/aromatic N) is 4. The predicted molar refractivity (Wildman–Crippen MR) is 79.9 cm³/mol. The maximum Gasteiger partial charge on any atom is 0.358 e. The van der Waals surface area contributed by atoms with Gasteiger partial charge in [0.15, 0.2) is 5.69 Å². The van der Waals surface area contributed by atoms with E-state index in [1.165, 1.54) is 6.20 Å². The van der Waals surface area contributed by atoms with Crippen molar-refractivity contribution in [2.45, 2.75) is 25.3 Å². The molecule has 2 aromatic heterocycles. The molecule has 1 aliphatic heterocycles. The minimum Gasteiger partial charge on any atom is -0.476 e. The van der Waals surface area contributed by atoms with Crippen LogP contribution in [0, 0.1) is 0 Å². The smallest absolute Gasteiger partial charge is 0.358 e. The number of thiophene rings is 1. The molecule has 1 amide bonds. The van der Waals surface area contributed by atoms with Crippen molar-refractivity contribution < 1.29 is 14.7 Å². The summed E-state index contributed by atoms with van der Waals surface area (Å²) >= 11 is 1.58. The van der Waals surface area contributed by atoms with E-state index in [4.69, 9.17) is 5.11 Å². The fraction of sp³-hybridized carbons (Fsp3) is 0.429. The highest BCUT2D eigenvalue weighted by atomic mass is 32.1. The molecule has 7 nitrogen and oxygen atoms in total. The number of amides is 1. The Morgan fingerprint density at radius 2 is 2.32 bits per heavy atom. The number of hydrogen-bond acceptors (Lipinski definition) is 5. The predicted octanol–water partition coefficient (Wildman–Crippen LogP) is 1.44. The maximum atomic E-state index is 12.3. The van der Waals surface area contributed by atoms with Crippen molar-refractivity contribution in [3.05, 3.63) is 34.3 Å². The van der Waals surface area contributed by atoms with Gasteiger partial charge in [-0.3, -0.25) is 4.79 Å². The Bertz CT molecular complexity index is 667. The summed E-state index contributed by atoms with van der Waals surface area (Å²) in [5.41, 5.74) is 0.966. The van der Waals surface area contributed by atoms with Gasteiger partial charge >= 0.3 is 5.97 Å². The minimum absolute atomic E-state index is 0.0132. The zero-order valence-corrected chi connectivity index (χ0v) is 12.7. The molecular weight excluding hydrogens is 304 g/mol. The molecule has 1 saturated heterocycles. The quantitative estimate of drug-likeness (QED) is 0.921. The van der Waals surface area contributed by atoms with Crippen LogP contribution >= 0.6 is 11.3 Å². The lowest BCUT2D eigenvalue weighted by atomic mass is 10.0. The van der Waals surface area contributed by atoms with Gasteiger partial charge in [-0.2, -0.15) is 11.3 Å². The number of carbonyl (C=O) groups is 2. The van der Waals surface area contributed by atoms with Crippen LogP contribution in [0.2, 0.25) is 0 Å². The van der Waals surface area contributed by atoms with Gasteiger partial charge in [0.25, 0.3) is 0 Å². The molecule has 1 atom stereocenters. The van der Waals surface area contributed by atoms with Gasteiger partial charge in [0, 0.05) is 13.1 Å². The number of carboxylic acid groups (broad SMARTS) is 1. The fourth-order valence-electron chi connectivity index (χ4n) is 2.63. The molecule has 116 valence electrons. The monoisotopic (exact) mass is 320 g/mol. The maximum absolute atomic E-state index is 12.3. The second kappa shape index (κ2) is 6.27. The Morgan fingerprint density at radius 1 is 1.45 bits per heavy atom. The SMILES string of the molecule is O=C(O)c1cn(C2CCCN(C(=O)Cc3ccsc3)C2)nn1. The summed E-state index contributed by atoms with van der Waals surface area (Å²) in [4.78, 5) is 25.0. The molecule has 0 spiro atoms. The van der Waals surface area contributed by atoms with Gasteiger partial charge in [0.1, 0.15) is 0 Å². The Morgan fingerprint density at radius 3 is 3.00 bits per heavy atom. The van der Waals surface area contributed by atoms with E-state index >= 15 is 0 Å². The highest BCUT2D eigenvalue weighted by Crippen LogP contribution is 2.21. The van der Waals surface area contributed by atoms with Crippen molar-refractivity contribution in [3.8, 4) is 0 Å². The molecule has 1 fully saturated rings. The summed E-state index contributed by atoms with van der Waals surface area (Å²) in [6, 6.07) is 1.95. The topological polar surface area (TPSA) is 88.3 Å². The van der Waals surface area contributed by atoms with Crippen LogP contribution in [-0.2, 0) is 11.2 Å². The Labute approximate surface area is 131 Å². The van der Waals surface area contributed by atoms with E-state index in [0.717, 1.165) is 24.9 Å². The molecule has 1 aliphatic rings. The third-order valence-corrected chi connectivity index (χ3v) is 4.52. The van der Waals surface area contributed by atoms with Gasteiger partial charge in [-0.1, -0.05) is 5.21 Å². The summed E-state index contributed by atoms with van der Waals surface area (Å²) in [7, 11) is 0. The highest BCUT2D eigenvalue weighted by molar-refractivity contribution is 7.07. The van der Waals surface area contributed by atoms with Crippen LogP contribution in [0.15, 0.2) is 23.0 Å². The van der Waals surface area contributed by atoms with E-state index in [9.17, 15) is 9.59 Å². The first-order valence-electron chi connectivity index (χ1n) is 7.07. The van der Waals surface area contributed by atoms with Crippen molar-refractivity contribution in [1.82, 2.24) is 19.9 Å². The van der Waals surface area contributed by atoms with Crippen molar-refractivity contribution in [1.29, 1.82) is 0 Å². The molecule has 0 bridgehead atoms. The van der Waals surface area contributed by atoms with Crippen LogP contribution in [-0.4, -0.2) is 50.0 Å². The van der Waals surface area contributed by atoms with Gasteiger partial charge in [-0.25, -0.2) is 9.48 Å². The molecule has 0 saturated carbocycles. The highest BCUT2D eigenvalue weighted by Gasteiger charge is 2.26. The number of rotatable bonds is 4. The van der Waals surface area contributed by atoms with Crippen molar-refractivity contribution in [3.63, 3.8) is 0 Å². The molecule has 1 unspecified atom stereocenters. The number of piperidine rings is 1. The van der Waals surface area contributed by atoms with E-state index in [1.54, 1.807) is 16.0 Å². The van der Waals surface area contributed by atoms with Crippen molar-refractivity contribution >= 4 is 23.2 Å². The number of likely N-dealkylation sites (tertiary alicyclic amines) is 1. The molecule has 1 N–H and O–H groups in total. The Hall–Kier alpha value is -2.22. The zero-order chi connectivity index (χ0) is 15.5. The Balaban J connectivity index is 1.65. The lowest BCUT2D eigenvalue weighted by Gasteiger charge is -2.32. The molecule has 0 aromatic carbocycles. The molecule has 3 rings (SSSR count). The largest absolute Gasteiger partial charge is 0.476 e. The van der Waals surface area contributed by atoms with Gasteiger partial charge in [-0.05, 0) is 35.2 Å².